The Balaban J connectivity index is 1.58. The number of sulfonamides is 1. The largest absolute Gasteiger partial charge is 0.497 e. The number of amides is 2. The highest BCUT2D eigenvalue weighted by Gasteiger charge is 2.36. The van der Waals surface area contributed by atoms with Crippen LogP contribution in [0.3, 0.4) is 0 Å². The van der Waals surface area contributed by atoms with Crippen molar-refractivity contribution in [2.75, 3.05) is 18.0 Å². The van der Waals surface area contributed by atoms with Crippen LogP contribution >= 0.6 is 34.8 Å². The Kier molecular flexibility index (Phi) is 11.9. The lowest BCUT2D eigenvalue weighted by Crippen LogP contribution is -2.54. The zero-order valence-electron chi connectivity index (χ0n) is 26.3. The molecule has 1 aliphatic rings. The summed E-state index contributed by atoms with van der Waals surface area (Å²) in [6, 6.07) is 25.4. The van der Waals surface area contributed by atoms with Gasteiger partial charge in [0, 0.05) is 34.1 Å². The third kappa shape index (κ3) is 8.82. The third-order valence-electron chi connectivity index (χ3n) is 8.37. The molecule has 0 spiro atoms. The number of nitrogens with one attached hydrogen (secondary N) is 1. The maximum Gasteiger partial charge on any atom is 0.264 e. The van der Waals surface area contributed by atoms with E-state index in [1.54, 1.807) is 30.3 Å². The summed E-state index contributed by atoms with van der Waals surface area (Å²) in [7, 11) is -2.80. The molecule has 1 aliphatic carbocycles. The van der Waals surface area contributed by atoms with E-state index >= 15 is 0 Å². The van der Waals surface area contributed by atoms with Gasteiger partial charge in [-0.05, 0) is 84.6 Å². The maximum atomic E-state index is 14.7. The molecule has 0 unspecified atom stereocenters. The van der Waals surface area contributed by atoms with Crippen molar-refractivity contribution in [3.63, 3.8) is 0 Å². The van der Waals surface area contributed by atoms with Crippen LogP contribution in [0.4, 0.5) is 5.69 Å². The lowest BCUT2D eigenvalue weighted by Gasteiger charge is -2.34. The smallest absolute Gasteiger partial charge is 0.264 e. The quantitative estimate of drug-likeness (QED) is 0.154. The normalized spacial score (nSPS) is 13.9. The van der Waals surface area contributed by atoms with E-state index < -0.39 is 28.5 Å². The molecule has 48 heavy (non-hydrogen) atoms. The first kappa shape index (κ1) is 35.5. The molecule has 252 valence electrons. The van der Waals surface area contributed by atoms with Gasteiger partial charge in [0.05, 0.1) is 17.7 Å². The number of anilines is 1. The first-order valence-corrected chi connectivity index (χ1v) is 18.1. The number of methoxy groups -OCH3 is 1. The lowest BCUT2D eigenvalue weighted by atomic mass is 10.0. The second-order valence-electron chi connectivity index (χ2n) is 11.6. The van der Waals surface area contributed by atoms with Gasteiger partial charge in [0.15, 0.2) is 0 Å². The minimum atomic E-state index is -4.29. The fraction of sp³-hybridized carbons (Fsp3) is 0.278. The zero-order valence-corrected chi connectivity index (χ0v) is 29.4. The molecule has 1 N–H and O–H groups in total. The van der Waals surface area contributed by atoms with Gasteiger partial charge in [-0.1, -0.05) is 84.0 Å². The third-order valence-corrected chi connectivity index (χ3v) is 11.0. The summed E-state index contributed by atoms with van der Waals surface area (Å²) in [6.45, 7) is -0.676. The molecule has 0 aliphatic heterocycles. The Morgan fingerprint density at radius 3 is 2.15 bits per heavy atom. The molecule has 1 atom stereocenters. The summed E-state index contributed by atoms with van der Waals surface area (Å²) in [5.74, 6) is -0.443. The number of halogens is 3. The topological polar surface area (TPSA) is 96.0 Å². The Morgan fingerprint density at radius 2 is 1.52 bits per heavy atom. The molecular weight excluding hydrogens is 693 g/mol. The fourth-order valence-corrected chi connectivity index (χ4v) is 7.77. The van der Waals surface area contributed by atoms with Crippen molar-refractivity contribution < 1.29 is 22.7 Å². The van der Waals surface area contributed by atoms with Crippen LogP contribution in [-0.4, -0.2) is 50.9 Å². The fourth-order valence-electron chi connectivity index (χ4n) is 5.77. The van der Waals surface area contributed by atoms with E-state index in [1.165, 1.54) is 48.4 Å². The average Bonchev–Trinajstić information content (AvgIpc) is 3.60. The van der Waals surface area contributed by atoms with E-state index in [9.17, 15) is 18.0 Å². The van der Waals surface area contributed by atoms with Crippen LogP contribution in [0.15, 0.2) is 102 Å². The Labute approximate surface area is 296 Å². The Bertz CT molecular complexity index is 1820. The van der Waals surface area contributed by atoms with Crippen molar-refractivity contribution >= 4 is 62.3 Å². The molecule has 1 fully saturated rings. The molecule has 12 heteroatoms. The standard InChI is InChI=1S/C36H36Cl3N3O5S/c1-47-31-17-19-32(20-18-31)48(45,46)42(30-15-13-27(37)14-16-30)24-35(43)41(23-26-11-12-28(38)22-33(26)39)34(21-25-7-3-2-4-8-25)36(44)40-29-9-5-6-10-29/h2-4,7-8,11-20,22,29,34H,5-6,9-10,21,23-24H2,1H3,(H,40,44)/t34-/m0/s1. The van der Waals surface area contributed by atoms with Gasteiger partial charge >= 0.3 is 0 Å². The van der Waals surface area contributed by atoms with Crippen molar-refractivity contribution in [3.8, 4) is 5.75 Å². The van der Waals surface area contributed by atoms with Gasteiger partial charge in [-0.3, -0.25) is 13.9 Å². The van der Waals surface area contributed by atoms with Gasteiger partial charge in [0.25, 0.3) is 10.0 Å². The van der Waals surface area contributed by atoms with E-state index in [2.05, 4.69) is 5.32 Å². The van der Waals surface area contributed by atoms with E-state index in [1.807, 2.05) is 30.3 Å². The van der Waals surface area contributed by atoms with Crippen molar-refractivity contribution in [2.24, 2.45) is 0 Å². The zero-order chi connectivity index (χ0) is 34.3. The number of ether oxygens (including phenoxy) is 1. The predicted octanol–water partition coefficient (Wildman–Crippen LogP) is 7.55. The SMILES string of the molecule is COc1ccc(S(=O)(=O)N(CC(=O)N(Cc2ccc(Cl)cc2Cl)[C@@H](Cc2ccccc2)C(=O)NC2CCCC2)c2ccc(Cl)cc2)cc1. The number of carbonyl (C=O) groups is 2. The first-order valence-electron chi connectivity index (χ1n) is 15.5. The summed E-state index contributed by atoms with van der Waals surface area (Å²) in [6.07, 6.45) is 3.92. The number of benzene rings is 4. The van der Waals surface area contributed by atoms with Crippen LogP contribution in [0.2, 0.25) is 15.1 Å². The summed E-state index contributed by atoms with van der Waals surface area (Å²) in [5.41, 5.74) is 1.62. The van der Waals surface area contributed by atoms with Gasteiger partial charge in [0.1, 0.15) is 18.3 Å². The predicted molar refractivity (Wildman–Crippen MR) is 190 cm³/mol. The molecule has 5 rings (SSSR count). The van der Waals surface area contributed by atoms with Crippen molar-refractivity contribution in [1.29, 1.82) is 0 Å². The van der Waals surface area contributed by atoms with Crippen LogP contribution in [0.25, 0.3) is 0 Å². The van der Waals surface area contributed by atoms with Gasteiger partial charge in [0.2, 0.25) is 11.8 Å². The molecule has 8 nitrogen and oxygen atoms in total. The highest BCUT2D eigenvalue weighted by atomic mass is 35.5. The molecule has 2 amide bonds. The molecule has 0 bridgehead atoms. The van der Waals surface area contributed by atoms with Gasteiger partial charge < -0.3 is 15.0 Å². The number of carbonyl (C=O) groups excluding carboxylic acids is 2. The van der Waals surface area contributed by atoms with E-state index in [0.717, 1.165) is 35.6 Å². The van der Waals surface area contributed by atoms with Crippen molar-refractivity contribution in [2.45, 2.75) is 55.6 Å². The Morgan fingerprint density at radius 1 is 0.875 bits per heavy atom. The van der Waals surface area contributed by atoms with Crippen LogP contribution in [-0.2, 0) is 32.6 Å². The Hall–Kier alpha value is -3.76. The highest BCUT2D eigenvalue weighted by Crippen LogP contribution is 2.29. The monoisotopic (exact) mass is 727 g/mol. The summed E-state index contributed by atoms with van der Waals surface area (Å²) in [4.78, 5) is 30.2. The lowest BCUT2D eigenvalue weighted by molar-refractivity contribution is -0.140. The molecule has 0 radical (unpaired) electrons. The molecular formula is C36H36Cl3N3O5S. The molecule has 1 saturated carbocycles. The van der Waals surface area contributed by atoms with Crippen molar-refractivity contribution in [1.82, 2.24) is 10.2 Å². The van der Waals surface area contributed by atoms with Crippen LogP contribution < -0.4 is 14.4 Å². The van der Waals surface area contributed by atoms with Gasteiger partial charge in [-0.15, -0.1) is 0 Å². The number of hydrogen-bond acceptors (Lipinski definition) is 5. The van der Waals surface area contributed by atoms with Crippen LogP contribution in [0.5, 0.6) is 5.75 Å². The number of rotatable bonds is 13. The van der Waals surface area contributed by atoms with E-state index in [4.69, 9.17) is 39.5 Å². The molecule has 0 saturated heterocycles. The van der Waals surface area contributed by atoms with Crippen molar-refractivity contribution in [3.05, 3.63) is 123 Å². The number of hydrogen-bond donors (Lipinski definition) is 1. The summed E-state index contributed by atoms with van der Waals surface area (Å²) < 4.78 is 34.7. The summed E-state index contributed by atoms with van der Waals surface area (Å²) in [5, 5.41) is 4.29. The van der Waals surface area contributed by atoms with Crippen LogP contribution in [0, 0.1) is 0 Å². The second kappa shape index (κ2) is 16.1. The highest BCUT2D eigenvalue weighted by molar-refractivity contribution is 7.92. The minimum Gasteiger partial charge on any atom is -0.497 e. The molecule has 4 aromatic carbocycles. The number of nitrogens with zero attached hydrogens (tertiary/aromatic N) is 2. The average molecular weight is 729 g/mol. The second-order valence-corrected chi connectivity index (χ2v) is 14.8. The summed E-state index contributed by atoms with van der Waals surface area (Å²) >= 11 is 18.9. The minimum absolute atomic E-state index is 0.00661. The molecule has 0 aromatic heterocycles. The molecule has 0 heterocycles. The first-order chi connectivity index (χ1) is 23.0. The van der Waals surface area contributed by atoms with E-state index in [0.29, 0.717) is 26.4 Å². The van der Waals surface area contributed by atoms with Gasteiger partial charge in [-0.2, -0.15) is 0 Å². The maximum absolute atomic E-state index is 14.7. The van der Waals surface area contributed by atoms with Crippen LogP contribution in [0.1, 0.15) is 36.8 Å². The van der Waals surface area contributed by atoms with Gasteiger partial charge in [-0.25, -0.2) is 8.42 Å². The molecule has 4 aromatic rings. The van der Waals surface area contributed by atoms with E-state index in [-0.39, 0.29) is 35.5 Å².